The highest BCUT2D eigenvalue weighted by Crippen LogP contribution is 2.23. The maximum Gasteiger partial charge on any atom is 0.244 e. The second kappa shape index (κ2) is 4.81. The lowest BCUT2D eigenvalue weighted by molar-refractivity contribution is 0.433. The van der Waals surface area contributed by atoms with E-state index < -0.39 is 32.1 Å². The number of nitrogens with two attached hydrogens (primary N) is 1. The van der Waals surface area contributed by atoms with Crippen molar-refractivity contribution in [1.29, 1.82) is 0 Å². The van der Waals surface area contributed by atoms with Crippen molar-refractivity contribution >= 4 is 15.7 Å². The fraction of sp³-hybridized carbons (Fsp3) is 0.455. The number of halogens is 2. The van der Waals surface area contributed by atoms with Gasteiger partial charge in [0.25, 0.3) is 0 Å². The zero-order valence-electron chi connectivity index (χ0n) is 10.4. The van der Waals surface area contributed by atoms with Crippen LogP contribution in [0.15, 0.2) is 17.0 Å². The third-order valence-electron chi connectivity index (χ3n) is 2.60. The predicted octanol–water partition coefficient (Wildman–Crippen LogP) is 2.01. The Morgan fingerprint density at radius 2 is 1.89 bits per heavy atom. The molecule has 0 aliphatic heterocycles. The number of sulfonamides is 1. The summed E-state index contributed by atoms with van der Waals surface area (Å²) in [6.07, 6.45) is 0.499. The Labute approximate surface area is 105 Å². The molecule has 0 bridgehead atoms. The van der Waals surface area contributed by atoms with Gasteiger partial charge in [-0.25, -0.2) is 21.9 Å². The molecular weight excluding hydrogens is 262 g/mol. The van der Waals surface area contributed by atoms with Gasteiger partial charge in [0, 0.05) is 11.2 Å². The van der Waals surface area contributed by atoms with Crippen LogP contribution in [0.25, 0.3) is 0 Å². The first-order valence-electron chi connectivity index (χ1n) is 5.37. The Balaban J connectivity index is 3.30. The molecule has 0 aliphatic carbocycles. The summed E-state index contributed by atoms with van der Waals surface area (Å²) >= 11 is 0. The fourth-order valence-corrected chi connectivity index (χ4v) is 2.88. The SMILES string of the molecule is CCC(C)(C)NS(=O)(=O)c1cc(N)cc(F)c1F. The van der Waals surface area contributed by atoms with Gasteiger partial charge in [-0.15, -0.1) is 0 Å². The lowest BCUT2D eigenvalue weighted by atomic mass is 10.0. The van der Waals surface area contributed by atoms with Gasteiger partial charge in [0.1, 0.15) is 4.90 Å². The third kappa shape index (κ3) is 3.17. The van der Waals surface area contributed by atoms with Gasteiger partial charge in [-0.05, 0) is 32.4 Å². The van der Waals surface area contributed by atoms with Crippen molar-refractivity contribution in [2.75, 3.05) is 5.73 Å². The highest BCUT2D eigenvalue weighted by Gasteiger charge is 2.28. The molecule has 102 valence electrons. The number of nitrogens with one attached hydrogen (secondary N) is 1. The molecule has 0 saturated carbocycles. The van der Waals surface area contributed by atoms with Gasteiger partial charge >= 0.3 is 0 Å². The van der Waals surface area contributed by atoms with Gasteiger partial charge in [0.05, 0.1) is 0 Å². The van der Waals surface area contributed by atoms with Crippen molar-refractivity contribution in [3.63, 3.8) is 0 Å². The summed E-state index contributed by atoms with van der Waals surface area (Å²) in [7, 11) is -4.15. The van der Waals surface area contributed by atoms with Gasteiger partial charge in [-0.3, -0.25) is 0 Å². The van der Waals surface area contributed by atoms with Crippen LogP contribution < -0.4 is 10.5 Å². The molecule has 0 aliphatic rings. The van der Waals surface area contributed by atoms with Crippen molar-refractivity contribution in [2.45, 2.75) is 37.6 Å². The molecule has 1 aromatic rings. The molecule has 0 amide bonds. The molecule has 0 radical (unpaired) electrons. The first-order valence-corrected chi connectivity index (χ1v) is 6.86. The van der Waals surface area contributed by atoms with Crippen molar-refractivity contribution in [3.05, 3.63) is 23.8 Å². The number of hydrogen-bond acceptors (Lipinski definition) is 3. The lowest BCUT2D eigenvalue weighted by Gasteiger charge is -2.24. The van der Waals surface area contributed by atoms with Crippen LogP contribution in [0.3, 0.4) is 0 Å². The van der Waals surface area contributed by atoms with E-state index in [1.807, 2.05) is 0 Å². The van der Waals surface area contributed by atoms with Crippen molar-refractivity contribution < 1.29 is 17.2 Å². The molecule has 4 nitrogen and oxygen atoms in total. The molecule has 0 fully saturated rings. The topological polar surface area (TPSA) is 72.2 Å². The van der Waals surface area contributed by atoms with E-state index in [0.29, 0.717) is 6.42 Å². The van der Waals surface area contributed by atoms with Crippen LogP contribution >= 0.6 is 0 Å². The maximum absolute atomic E-state index is 13.5. The van der Waals surface area contributed by atoms with Crippen LogP contribution in [-0.4, -0.2) is 14.0 Å². The molecule has 1 aromatic carbocycles. The number of rotatable bonds is 4. The molecule has 0 heterocycles. The summed E-state index contributed by atoms with van der Waals surface area (Å²) in [5, 5.41) is 0. The molecule has 7 heteroatoms. The Morgan fingerprint density at radius 1 is 1.33 bits per heavy atom. The van der Waals surface area contributed by atoms with Crippen LogP contribution in [0, 0.1) is 11.6 Å². The second-order valence-electron chi connectivity index (χ2n) is 4.66. The highest BCUT2D eigenvalue weighted by molar-refractivity contribution is 7.89. The monoisotopic (exact) mass is 278 g/mol. The first kappa shape index (κ1) is 14.8. The Kier molecular flexibility index (Phi) is 3.97. The van der Waals surface area contributed by atoms with E-state index in [9.17, 15) is 17.2 Å². The molecule has 0 aromatic heterocycles. The summed E-state index contributed by atoms with van der Waals surface area (Å²) in [6, 6.07) is 1.63. The van der Waals surface area contributed by atoms with Gasteiger partial charge < -0.3 is 5.73 Å². The molecule has 3 N–H and O–H groups in total. The summed E-state index contributed by atoms with van der Waals surface area (Å²) in [5.74, 6) is -2.71. The highest BCUT2D eigenvalue weighted by atomic mass is 32.2. The quantitative estimate of drug-likeness (QED) is 0.828. The standard InChI is InChI=1S/C11H16F2N2O2S/c1-4-11(2,3)15-18(16,17)9-6-7(14)5-8(12)10(9)13/h5-6,15H,4,14H2,1-3H3. The largest absolute Gasteiger partial charge is 0.399 e. The molecule has 18 heavy (non-hydrogen) atoms. The average Bonchev–Trinajstić information content (AvgIpc) is 2.21. The van der Waals surface area contributed by atoms with Crippen LogP contribution in [0.1, 0.15) is 27.2 Å². The molecule has 1 rings (SSSR count). The summed E-state index contributed by atoms with van der Waals surface area (Å²) in [6.45, 7) is 5.06. The molecular formula is C11H16F2N2O2S. The van der Waals surface area contributed by atoms with Crippen LogP contribution in [0.5, 0.6) is 0 Å². The van der Waals surface area contributed by atoms with Crippen LogP contribution in [0.2, 0.25) is 0 Å². The van der Waals surface area contributed by atoms with E-state index in [4.69, 9.17) is 5.73 Å². The third-order valence-corrected chi connectivity index (χ3v) is 4.30. The Hall–Kier alpha value is -1.21. The van der Waals surface area contributed by atoms with Gasteiger partial charge in [0.15, 0.2) is 11.6 Å². The van der Waals surface area contributed by atoms with E-state index in [2.05, 4.69) is 4.72 Å². The van der Waals surface area contributed by atoms with Crippen molar-refractivity contribution in [3.8, 4) is 0 Å². The van der Waals surface area contributed by atoms with E-state index in [1.165, 1.54) is 0 Å². The average molecular weight is 278 g/mol. The lowest BCUT2D eigenvalue weighted by Crippen LogP contribution is -2.43. The van der Waals surface area contributed by atoms with E-state index in [-0.39, 0.29) is 5.69 Å². The maximum atomic E-state index is 13.5. The number of nitrogen functional groups attached to an aromatic ring is 1. The zero-order chi connectivity index (χ0) is 14.1. The summed E-state index contributed by atoms with van der Waals surface area (Å²) in [5.41, 5.74) is 4.42. The zero-order valence-corrected chi connectivity index (χ0v) is 11.2. The second-order valence-corrected chi connectivity index (χ2v) is 6.31. The summed E-state index contributed by atoms with van der Waals surface area (Å²) < 4.78 is 52.9. The van der Waals surface area contributed by atoms with E-state index in [1.54, 1.807) is 20.8 Å². The summed E-state index contributed by atoms with van der Waals surface area (Å²) in [4.78, 5) is -0.776. The molecule has 0 saturated heterocycles. The molecule has 0 atom stereocenters. The van der Waals surface area contributed by atoms with Crippen LogP contribution in [-0.2, 0) is 10.0 Å². The smallest absolute Gasteiger partial charge is 0.244 e. The van der Waals surface area contributed by atoms with Crippen molar-refractivity contribution in [2.24, 2.45) is 0 Å². The minimum atomic E-state index is -4.15. The van der Waals surface area contributed by atoms with Crippen LogP contribution in [0.4, 0.5) is 14.5 Å². The molecule has 0 unspecified atom stereocenters. The minimum absolute atomic E-state index is 0.149. The number of benzene rings is 1. The van der Waals surface area contributed by atoms with Gasteiger partial charge in [0.2, 0.25) is 10.0 Å². The normalized spacial score (nSPS) is 12.7. The molecule has 0 spiro atoms. The van der Waals surface area contributed by atoms with E-state index >= 15 is 0 Å². The number of anilines is 1. The fourth-order valence-electron chi connectivity index (χ4n) is 1.27. The predicted molar refractivity (Wildman–Crippen MR) is 65.5 cm³/mol. The Bertz CT molecular complexity index is 556. The minimum Gasteiger partial charge on any atom is -0.399 e. The first-order chi connectivity index (χ1) is 8.09. The van der Waals surface area contributed by atoms with Gasteiger partial charge in [-0.2, -0.15) is 0 Å². The van der Waals surface area contributed by atoms with E-state index in [0.717, 1.165) is 12.1 Å². The Morgan fingerprint density at radius 3 is 2.39 bits per heavy atom. The van der Waals surface area contributed by atoms with Crippen molar-refractivity contribution in [1.82, 2.24) is 4.72 Å². The van der Waals surface area contributed by atoms with Gasteiger partial charge in [-0.1, -0.05) is 6.92 Å². The number of hydrogen-bond donors (Lipinski definition) is 2.